The second kappa shape index (κ2) is 7.56. The molecule has 0 bridgehead atoms. The molecule has 0 aliphatic rings. The molecule has 3 rings (SSSR count). The second-order valence-electron chi connectivity index (χ2n) is 6.42. The van der Waals surface area contributed by atoms with Crippen LogP contribution in [-0.4, -0.2) is 15.5 Å². The van der Waals surface area contributed by atoms with E-state index in [9.17, 15) is 18.4 Å². The molecule has 5 nitrogen and oxygen atoms in total. The molecule has 2 aromatic heterocycles. The highest BCUT2D eigenvalue weighted by Crippen LogP contribution is 2.25. The van der Waals surface area contributed by atoms with Crippen molar-refractivity contribution in [2.24, 2.45) is 0 Å². The zero-order valence-corrected chi connectivity index (χ0v) is 16.0. The van der Waals surface area contributed by atoms with Gasteiger partial charge in [0.2, 0.25) is 5.91 Å². The molecule has 0 saturated heterocycles. The number of nitrogens with zero attached hydrogens (tertiary/aromatic N) is 2. The molecule has 3 aromatic rings. The molecular formula is C19H19F2N3O2S. The second-order valence-corrected chi connectivity index (χ2v) is 7.62. The number of rotatable bonds is 5. The van der Waals surface area contributed by atoms with Gasteiger partial charge in [0.25, 0.3) is 5.56 Å². The van der Waals surface area contributed by atoms with Gasteiger partial charge in [0.15, 0.2) is 11.6 Å². The Hall–Kier alpha value is -2.61. The van der Waals surface area contributed by atoms with Crippen LogP contribution in [-0.2, 0) is 11.3 Å². The molecule has 0 saturated carbocycles. The predicted molar refractivity (Wildman–Crippen MR) is 101 cm³/mol. The summed E-state index contributed by atoms with van der Waals surface area (Å²) in [6.07, 6.45) is 1.52. The third-order valence-electron chi connectivity index (χ3n) is 4.56. The standard InChI is InChI=1S/C19H19F2N3O2S/c1-10-12(3)27-18-17(10)19(26)24(9-22-18)7-6-16(25)23-11(2)13-4-5-14(20)15(21)8-13/h4-5,8-9,11H,6-7H2,1-3H3,(H,23,25). The predicted octanol–water partition coefficient (Wildman–Crippen LogP) is 3.62. The normalized spacial score (nSPS) is 12.3. The molecule has 0 aliphatic carbocycles. The van der Waals surface area contributed by atoms with Gasteiger partial charge in [0.1, 0.15) is 4.83 Å². The monoisotopic (exact) mass is 391 g/mol. The number of aromatic nitrogens is 2. The van der Waals surface area contributed by atoms with E-state index in [1.54, 1.807) is 6.92 Å². The van der Waals surface area contributed by atoms with Gasteiger partial charge in [-0.05, 0) is 44.0 Å². The summed E-state index contributed by atoms with van der Waals surface area (Å²) < 4.78 is 27.8. The third kappa shape index (κ3) is 3.90. The number of thiophene rings is 1. The van der Waals surface area contributed by atoms with Gasteiger partial charge < -0.3 is 5.32 Å². The molecule has 0 spiro atoms. The molecule has 1 N–H and O–H groups in total. The Morgan fingerprint density at radius 2 is 2.04 bits per heavy atom. The topological polar surface area (TPSA) is 64.0 Å². The summed E-state index contributed by atoms with van der Waals surface area (Å²) in [5.74, 6) is -2.18. The van der Waals surface area contributed by atoms with Crippen LogP contribution in [0.2, 0.25) is 0 Å². The fourth-order valence-corrected chi connectivity index (χ4v) is 3.82. The molecule has 1 amide bonds. The third-order valence-corrected chi connectivity index (χ3v) is 5.67. The average molecular weight is 391 g/mol. The summed E-state index contributed by atoms with van der Waals surface area (Å²) >= 11 is 1.47. The van der Waals surface area contributed by atoms with E-state index in [0.29, 0.717) is 15.8 Å². The van der Waals surface area contributed by atoms with Gasteiger partial charge in [0.05, 0.1) is 17.8 Å². The van der Waals surface area contributed by atoms with Gasteiger partial charge in [0, 0.05) is 17.8 Å². The number of carbonyl (C=O) groups excluding carboxylic acids is 1. The molecule has 0 radical (unpaired) electrons. The summed E-state index contributed by atoms with van der Waals surface area (Å²) in [7, 11) is 0. The molecule has 1 atom stereocenters. The van der Waals surface area contributed by atoms with E-state index in [1.807, 2.05) is 13.8 Å². The van der Waals surface area contributed by atoms with Gasteiger partial charge in [-0.25, -0.2) is 13.8 Å². The van der Waals surface area contributed by atoms with Crippen molar-refractivity contribution in [1.29, 1.82) is 0 Å². The number of benzene rings is 1. The first-order valence-corrected chi connectivity index (χ1v) is 9.29. The lowest BCUT2D eigenvalue weighted by Gasteiger charge is -2.15. The van der Waals surface area contributed by atoms with Crippen LogP contribution >= 0.6 is 11.3 Å². The van der Waals surface area contributed by atoms with Gasteiger partial charge in [-0.15, -0.1) is 11.3 Å². The minimum absolute atomic E-state index is 0.0727. The molecular weight excluding hydrogens is 372 g/mol. The largest absolute Gasteiger partial charge is 0.350 e. The Bertz CT molecular complexity index is 1070. The molecule has 1 aromatic carbocycles. The fourth-order valence-electron chi connectivity index (χ4n) is 2.83. The molecule has 0 aliphatic heterocycles. The molecule has 8 heteroatoms. The maximum atomic E-state index is 13.3. The molecule has 1 unspecified atom stereocenters. The number of hydrogen-bond acceptors (Lipinski definition) is 4. The van der Waals surface area contributed by atoms with Crippen LogP contribution in [0.15, 0.2) is 29.3 Å². The van der Waals surface area contributed by atoms with Crippen molar-refractivity contribution in [2.75, 3.05) is 0 Å². The number of hydrogen-bond donors (Lipinski definition) is 1. The van der Waals surface area contributed by atoms with Gasteiger partial charge in [-0.3, -0.25) is 14.2 Å². The Balaban J connectivity index is 1.68. The number of halogens is 2. The van der Waals surface area contributed by atoms with Crippen molar-refractivity contribution >= 4 is 27.5 Å². The van der Waals surface area contributed by atoms with Crippen molar-refractivity contribution in [1.82, 2.24) is 14.9 Å². The lowest BCUT2D eigenvalue weighted by atomic mass is 10.1. The number of nitrogens with one attached hydrogen (secondary N) is 1. The first-order valence-electron chi connectivity index (χ1n) is 8.47. The number of amides is 1. The number of aryl methyl sites for hydroxylation is 3. The van der Waals surface area contributed by atoms with E-state index in [1.165, 1.54) is 28.3 Å². The summed E-state index contributed by atoms with van der Waals surface area (Å²) in [5, 5.41) is 3.32. The number of carbonyl (C=O) groups is 1. The van der Waals surface area contributed by atoms with Gasteiger partial charge >= 0.3 is 0 Å². The number of fused-ring (bicyclic) bond motifs is 1. The Kier molecular flexibility index (Phi) is 5.36. The van der Waals surface area contributed by atoms with Crippen molar-refractivity contribution in [3.8, 4) is 0 Å². The van der Waals surface area contributed by atoms with Crippen LogP contribution in [0.3, 0.4) is 0 Å². The molecule has 27 heavy (non-hydrogen) atoms. The minimum Gasteiger partial charge on any atom is -0.350 e. The maximum absolute atomic E-state index is 13.3. The van der Waals surface area contributed by atoms with E-state index in [4.69, 9.17) is 0 Å². The van der Waals surface area contributed by atoms with Crippen LogP contribution in [0.5, 0.6) is 0 Å². The summed E-state index contributed by atoms with van der Waals surface area (Å²) in [6, 6.07) is 3.03. The summed E-state index contributed by atoms with van der Waals surface area (Å²) in [4.78, 5) is 30.8. The quantitative estimate of drug-likeness (QED) is 0.723. The molecule has 142 valence electrons. The fraction of sp³-hybridized carbons (Fsp3) is 0.316. The lowest BCUT2D eigenvalue weighted by Crippen LogP contribution is -2.29. The van der Waals surface area contributed by atoms with Crippen molar-refractivity contribution in [2.45, 2.75) is 39.8 Å². The van der Waals surface area contributed by atoms with E-state index in [-0.39, 0.29) is 24.4 Å². The Morgan fingerprint density at radius 1 is 1.30 bits per heavy atom. The average Bonchev–Trinajstić information content (AvgIpc) is 2.91. The van der Waals surface area contributed by atoms with Crippen molar-refractivity contribution in [3.63, 3.8) is 0 Å². The molecule has 0 fully saturated rings. The van der Waals surface area contributed by atoms with Crippen LogP contribution in [0.4, 0.5) is 8.78 Å². The van der Waals surface area contributed by atoms with Crippen LogP contribution in [0.1, 0.15) is 35.4 Å². The first kappa shape index (κ1) is 19.2. The van der Waals surface area contributed by atoms with Gasteiger partial charge in [-0.2, -0.15) is 0 Å². The van der Waals surface area contributed by atoms with E-state index >= 15 is 0 Å². The summed E-state index contributed by atoms with van der Waals surface area (Å²) in [5.41, 5.74) is 1.22. The Labute approximate surface area is 158 Å². The lowest BCUT2D eigenvalue weighted by molar-refractivity contribution is -0.121. The summed E-state index contributed by atoms with van der Waals surface area (Å²) in [6.45, 7) is 5.70. The van der Waals surface area contributed by atoms with Crippen molar-refractivity contribution < 1.29 is 13.6 Å². The van der Waals surface area contributed by atoms with Crippen LogP contribution in [0, 0.1) is 25.5 Å². The van der Waals surface area contributed by atoms with E-state index in [0.717, 1.165) is 22.6 Å². The van der Waals surface area contributed by atoms with Crippen LogP contribution < -0.4 is 10.9 Å². The maximum Gasteiger partial charge on any atom is 0.262 e. The van der Waals surface area contributed by atoms with Crippen molar-refractivity contribution in [3.05, 3.63) is 62.5 Å². The van der Waals surface area contributed by atoms with Crippen LogP contribution in [0.25, 0.3) is 10.2 Å². The highest BCUT2D eigenvalue weighted by Gasteiger charge is 2.14. The minimum atomic E-state index is -0.957. The highest BCUT2D eigenvalue weighted by molar-refractivity contribution is 7.18. The van der Waals surface area contributed by atoms with E-state index < -0.39 is 17.7 Å². The smallest absolute Gasteiger partial charge is 0.262 e. The first-order chi connectivity index (χ1) is 12.8. The molecule has 2 heterocycles. The zero-order valence-electron chi connectivity index (χ0n) is 15.2. The zero-order chi connectivity index (χ0) is 19.7. The Morgan fingerprint density at radius 3 is 2.74 bits per heavy atom. The van der Waals surface area contributed by atoms with E-state index in [2.05, 4.69) is 10.3 Å². The van der Waals surface area contributed by atoms with Gasteiger partial charge in [-0.1, -0.05) is 6.07 Å². The highest BCUT2D eigenvalue weighted by atomic mass is 32.1. The SMILES string of the molecule is Cc1sc2ncn(CCC(=O)NC(C)c3ccc(F)c(F)c3)c(=O)c2c1C.